The minimum Gasteiger partial charge on any atom is -0.338 e. The smallest absolute Gasteiger partial charge is 0.322 e. The summed E-state index contributed by atoms with van der Waals surface area (Å²) in [4.78, 5) is 35.7. The number of piperidine rings is 1. The predicted octanol–water partition coefficient (Wildman–Crippen LogP) is 3.54. The van der Waals surface area contributed by atoms with Crippen LogP contribution in [0.15, 0.2) is 48.5 Å². The SMILES string of the molecule is CN1CCC(N2CCN(C(=O)C3Cc4ccccc4CN3C(=O)Nc3ccc(Cl)cc3)CC2)CC1. The second-order valence-electron chi connectivity index (χ2n) is 9.95. The summed E-state index contributed by atoms with van der Waals surface area (Å²) in [5.74, 6) is 0.0498. The normalized spacial score (nSPS) is 22.1. The summed E-state index contributed by atoms with van der Waals surface area (Å²) in [6.45, 7) is 5.94. The van der Waals surface area contributed by atoms with Crippen molar-refractivity contribution in [3.8, 4) is 0 Å². The summed E-state index contributed by atoms with van der Waals surface area (Å²) < 4.78 is 0. The molecule has 1 atom stereocenters. The number of nitrogens with one attached hydrogen (secondary N) is 1. The van der Waals surface area contributed by atoms with Crippen LogP contribution in [0.3, 0.4) is 0 Å². The van der Waals surface area contributed by atoms with Crippen LogP contribution in [0.4, 0.5) is 10.5 Å². The zero-order valence-electron chi connectivity index (χ0n) is 20.3. The highest BCUT2D eigenvalue weighted by molar-refractivity contribution is 6.30. The number of hydrogen-bond acceptors (Lipinski definition) is 4. The molecule has 3 amide bonds. The second-order valence-corrected chi connectivity index (χ2v) is 10.4. The van der Waals surface area contributed by atoms with E-state index in [9.17, 15) is 9.59 Å². The highest BCUT2D eigenvalue weighted by atomic mass is 35.5. The van der Waals surface area contributed by atoms with E-state index in [0.717, 1.165) is 50.4 Å². The van der Waals surface area contributed by atoms with E-state index < -0.39 is 6.04 Å². The fourth-order valence-corrected chi connectivity index (χ4v) is 5.69. The number of carbonyl (C=O) groups excluding carboxylic acids is 2. The highest BCUT2D eigenvalue weighted by Crippen LogP contribution is 2.27. The third kappa shape index (κ3) is 5.47. The van der Waals surface area contributed by atoms with E-state index in [-0.39, 0.29) is 11.9 Å². The third-order valence-corrected chi connectivity index (χ3v) is 7.97. The molecule has 8 heteroatoms. The molecular formula is C27H34ClN5O2. The molecule has 3 heterocycles. The molecule has 2 saturated heterocycles. The van der Waals surface area contributed by atoms with Crippen LogP contribution in [0.2, 0.25) is 5.02 Å². The first-order valence-corrected chi connectivity index (χ1v) is 13.0. The van der Waals surface area contributed by atoms with E-state index in [2.05, 4.69) is 28.2 Å². The van der Waals surface area contributed by atoms with Gasteiger partial charge in [0.25, 0.3) is 0 Å². The Hall–Kier alpha value is -2.61. The van der Waals surface area contributed by atoms with Crippen LogP contribution in [0.5, 0.6) is 0 Å². The number of hydrogen-bond donors (Lipinski definition) is 1. The molecular weight excluding hydrogens is 462 g/mol. The molecule has 2 aromatic rings. The standard InChI is InChI=1S/C27H34ClN5O2/c1-30-12-10-24(11-13-30)31-14-16-32(17-15-31)26(34)25-18-20-4-2-3-5-21(20)19-33(25)27(35)29-23-8-6-22(28)7-9-23/h2-9,24-25H,10-19H2,1H3,(H,29,35). The summed E-state index contributed by atoms with van der Waals surface area (Å²) in [5.41, 5.74) is 2.90. The van der Waals surface area contributed by atoms with Crippen LogP contribution in [-0.4, -0.2) is 89.9 Å². The molecule has 0 radical (unpaired) electrons. The van der Waals surface area contributed by atoms with Crippen LogP contribution >= 0.6 is 11.6 Å². The van der Waals surface area contributed by atoms with Gasteiger partial charge >= 0.3 is 6.03 Å². The number of nitrogens with zero attached hydrogens (tertiary/aromatic N) is 4. The topological polar surface area (TPSA) is 59.1 Å². The summed E-state index contributed by atoms with van der Waals surface area (Å²) in [6, 6.07) is 15.0. The van der Waals surface area contributed by atoms with Gasteiger partial charge in [-0.3, -0.25) is 9.69 Å². The summed E-state index contributed by atoms with van der Waals surface area (Å²) in [7, 11) is 2.18. The summed E-state index contributed by atoms with van der Waals surface area (Å²) in [6.07, 6.45) is 2.93. The third-order valence-electron chi connectivity index (χ3n) is 7.72. The highest BCUT2D eigenvalue weighted by Gasteiger charge is 2.38. The van der Waals surface area contributed by atoms with Gasteiger partial charge in [0.2, 0.25) is 5.91 Å². The molecule has 7 nitrogen and oxygen atoms in total. The molecule has 186 valence electrons. The minimum absolute atomic E-state index is 0.0498. The van der Waals surface area contributed by atoms with Crippen LogP contribution < -0.4 is 5.32 Å². The fourth-order valence-electron chi connectivity index (χ4n) is 5.56. The van der Waals surface area contributed by atoms with Gasteiger partial charge in [0.1, 0.15) is 6.04 Å². The quantitative estimate of drug-likeness (QED) is 0.707. The van der Waals surface area contributed by atoms with Crippen molar-refractivity contribution in [2.75, 3.05) is 51.6 Å². The van der Waals surface area contributed by atoms with Gasteiger partial charge in [-0.15, -0.1) is 0 Å². The Morgan fingerprint density at radius 1 is 0.886 bits per heavy atom. The van der Waals surface area contributed by atoms with Crippen molar-refractivity contribution in [2.45, 2.75) is 37.9 Å². The zero-order valence-corrected chi connectivity index (χ0v) is 21.1. The van der Waals surface area contributed by atoms with Gasteiger partial charge in [-0.25, -0.2) is 4.79 Å². The maximum Gasteiger partial charge on any atom is 0.322 e. The van der Waals surface area contributed by atoms with Crippen LogP contribution in [0.25, 0.3) is 0 Å². The molecule has 35 heavy (non-hydrogen) atoms. The monoisotopic (exact) mass is 495 g/mol. The maximum absolute atomic E-state index is 13.8. The molecule has 0 bridgehead atoms. The molecule has 0 aliphatic carbocycles. The van der Waals surface area contributed by atoms with Gasteiger partial charge in [0.05, 0.1) is 0 Å². The molecule has 0 spiro atoms. The lowest BCUT2D eigenvalue weighted by molar-refractivity contribution is -0.138. The molecule has 0 aromatic heterocycles. The van der Waals surface area contributed by atoms with Crippen molar-refractivity contribution in [3.63, 3.8) is 0 Å². The first-order valence-electron chi connectivity index (χ1n) is 12.6. The fraction of sp³-hybridized carbons (Fsp3) is 0.481. The molecule has 2 aromatic carbocycles. The molecule has 5 rings (SSSR count). The molecule has 3 aliphatic rings. The van der Waals surface area contributed by atoms with E-state index >= 15 is 0 Å². The van der Waals surface area contributed by atoms with Crippen molar-refractivity contribution >= 4 is 29.2 Å². The number of likely N-dealkylation sites (tertiary alicyclic amines) is 1. The van der Waals surface area contributed by atoms with Crippen LogP contribution in [0.1, 0.15) is 24.0 Å². The van der Waals surface area contributed by atoms with Gasteiger partial charge < -0.3 is 20.0 Å². The number of fused-ring (bicyclic) bond motifs is 1. The number of amides is 3. The number of carbonyl (C=O) groups is 2. The van der Waals surface area contributed by atoms with Crippen molar-refractivity contribution in [1.82, 2.24) is 19.6 Å². The number of anilines is 1. The Morgan fingerprint density at radius 2 is 1.54 bits per heavy atom. The van der Waals surface area contributed by atoms with Crippen molar-refractivity contribution in [2.24, 2.45) is 0 Å². The average molecular weight is 496 g/mol. The van der Waals surface area contributed by atoms with E-state index in [4.69, 9.17) is 11.6 Å². The van der Waals surface area contributed by atoms with Gasteiger partial charge in [0.15, 0.2) is 0 Å². The lowest BCUT2D eigenvalue weighted by atomic mass is 9.93. The number of urea groups is 1. The first-order chi connectivity index (χ1) is 17.0. The maximum atomic E-state index is 13.8. The first kappa shape index (κ1) is 24.1. The largest absolute Gasteiger partial charge is 0.338 e. The second kappa shape index (κ2) is 10.6. The lowest BCUT2D eigenvalue weighted by Crippen LogP contribution is -2.59. The Balaban J connectivity index is 1.28. The van der Waals surface area contributed by atoms with Gasteiger partial charge in [-0.1, -0.05) is 35.9 Å². The summed E-state index contributed by atoms with van der Waals surface area (Å²) >= 11 is 5.99. The number of piperazine rings is 1. The number of halogens is 1. The van der Waals surface area contributed by atoms with Gasteiger partial charge in [0, 0.05) is 55.9 Å². The van der Waals surface area contributed by atoms with Crippen LogP contribution in [0, 0.1) is 0 Å². The Kier molecular flexibility index (Phi) is 7.27. The Labute approximate surface area is 212 Å². The van der Waals surface area contributed by atoms with Crippen LogP contribution in [-0.2, 0) is 17.8 Å². The van der Waals surface area contributed by atoms with Gasteiger partial charge in [-0.2, -0.15) is 0 Å². The summed E-state index contributed by atoms with van der Waals surface area (Å²) in [5, 5.41) is 3.57. The average Bonchev–Trinajstić information content (AvgIpc) is 2.89. The Morgan fingerprint density at radius 3 is 2.23 bits per heavy atom. The van der Waals surface area contributed by atoms with E-state index in [1.54, 1.807) is 29.2 Å². The van der Waals surface area contributed by atoms with Crippen molar-refractivity contribution in [1.29, 1.82) is 0 Å². The molecule has 0 saturated carbocycles. The molecule has 3 aliphatic heterocycles. The lowest BCUT2D eigenvalue weighted by Gasteiger charge is -2.44. The number of benzene rings is 2. The number of rotatable bonds is 3. The van der Waals surface area contributed by atoms with E-state index in [1.165, 1.54) is 12.8 Å². The zero-order chi connectivity index (χ0) is 24.4. The van der Waals surface area contributed by atoms with E-state index in [0.29, 0.717) is 29.7 Å². The van der Waals surface area contributed by atoms with Gasteiger partial charge in [-0.05, 0) is 68.4 Å². The minimum atomic E-state index is -0.507. The molecule has 1 N–H and O–H groups in total. The Bertz CT molecular complexity index is 1050. The van der Waals surface area contributed by atoms with Crippen molar-refractivity contribution in [3.05, 3.63) is 64.7 Å². The van der Waals surface area contributed by atoms with E-state index in [1.807, 2.05) is 23.1 Å². The molecule has 2 fully saturated rings. The predicted molar refractivity (Wildman–Crippen MR) is 139 cm³/mol. The molecule has 1 unspecified atom stereocenters. The van der Waals surface area contributed by atoms with Crippen molar-refractivity contribution < 1.29 is 9.59 Å².